The minimum absolute atomic E-state index is 0.254. The number of halogens is 1. The maximum atomic E-state index is 5.77. The Bertz CT molecular complexity index is 326. The maximum absolute atomic E-state index is 5.77. The van der Waals surface area contributed by atoms with E-state index in [-0.39, 0.29) is 5.41 Å². The highest BCUT2D eigenvalue weighted by Gasteiger charge is 2.32. The van der Waals surface area contributed by atoms with Gasteiger partial charge in [-0.1, -0.05) is 24.6 Å². The van der Waals surface area contributed by atoms with E-state index in [0.717, 1.165) is 25.6 Å². The van der Waals surface area contributed by atoms with Crippen LogP contribution in [0.15, 0.2) is 18.2 Å². The van der Waals surface area contributed by atoms with Crippen molar-refractivity contribution >= 4 is 17.4 Å². The number of aromatic nitrogens is 1. The molecule has 0 aromatic carbocycles. The molecule has 1 aromatic rings. The zero-order valence-corrected chi connectivity index (χ0v) is 8.84. The van der Waals surface area contributed by atoms with Gasteiger partial charge in [-0.2, -0.15) is 0 Å². The van der Waals surface area contributed by atoms with Crippen molar-refractivity contribution in [2.24, 2.45) is 5.41 Å². The van der Waals surface area contributed by atoms with E-state index in [1.807, 2.05) is 12.1 Å². The fourth-order valence-electron chi connectivity index (χ4n) is 1.36. The van der Waals surface area contributed by atoms with Gasteiger partial charge in [0.1, 0.15) is 11.0 Å². The van der Waals surface area contributed by atoms with Crippen molar-refractivity contribution < 1.29 is 4.74 Å². The molecule has 14 heavy (non-hydrogen) atoms. The van der Waals surface area contributed by atoms with Gasteiger partial charge in [-0.25, -0.2) is 4.98 Å². The SMILES string of the molecule is CC1(CNc2cccc(Cl)n2)COC1. The largest absolute Gasteiger partial charge is 0.380 e. The van der Waals surface area contributed by atoms with Gasteiger partial charge in [-0.3, -0.25) is 0 Å². The molecule has 1 aliphatic rings. The zero-order chi connectivity index (χ0) is 10.0. The summed E-state index contributed by atoms with van der Waals surface area (Å²) in [6.45, 7) is 4.70. The lowest BCUT2D eigenvalue weighted by Gasteiger charge is -2.38. The minimum atomic E-state index is 0.254. The highest BCUT2D eigenvalue weighted by molar-refractivity contribution is 6.29. The summed E-state index contributed by atoms with van der Waals surface area (Å²) in [4.78, 5) is 4.15. The molecule has 1 aromatic heterocycles. The quantitative estimate of drug-likeness (QED) is 0.780. The van der Waals surface area contributed by atoms with Crippen LogP contribution in [0, 0.1) is 5.41 Å². The van der Waals surface area contributed by atoms with Gasteiger partial charge in [0, 0.05) is 12.0 Å². The van der Waals surface area contributed by atoms with Crippen LogP contribution in [0.5, 0.6) is 0 Å². The number of pyridine rings is 1. The first-order chi connectivity index (χ1) is 6.68. The number of nitrogens with zero attached hydrogens (tertiary/aromatic N) is 1. The van der Waals surface area contributed by atoms with Crippen LogP contribution in [0.3, 0.4) is 0 Å². The molecule has 1 saturated heterocycles. The summed E-state index contributed by atoms with van der Waals surface area (Å²) in [5.41, 5.74) is 0.254. The van der Waals surface area contributed by atoms with Crippen molar-refractivity contribution in [1.82, 2.24) is 4.98 Å². The first-order valence-electron chi connectivity index (χ1n) is 4.62. The maximum Gasteiger partial charge on any atom is 0.131 e. The Hall–Kier alpha value is -0.800. The summed E-state index contributed by atoms with van der Waals surface area (Å²) in [5, 5.41) is 3.77. The van der Waals surface area contributed by atoms with Gasteiger partial charge in [0.15, 0.2) is 0 Å². The van der Waals surface area contributed by atoms with E-state index in [1.54, 1.807) is 6.07 Å². The van der Waals surface area contributed by atoms with Crippen LogP contribution in [0.1, 0.15) is 6.92 Å². The molecule has 1 fully saturated rings. The molecule has 2 rings (SSSR count). The zero-order valence-electron chi connectivity index (χ0n) is 8.09. The number of anilines is 1. The van der Waals surface area contributed by atoms with Crippen LogP contribution in [0.25, 0.3) is 0 Å². The monoisotopic (exact) mass is 212 g/mol. The first-order valence-corrected chi connectivity index (χ1v) is 5.00. The van der Waals surface area contributed by atoms with Crippen molar-refractivity contribution in [2.45, 2.75) is 6.92 Å². The second-order valence-corrected chi connectivity index (χ2v) is 4.39. The summed E-state index contributed by atoms with van der Waals surface area (Å²) in [5.74, 6) is 0.825. The summed E-state index contributed by atoms with van der Waals surface area (Å²) >= 11 is 5.77. The Balaban J connectivity index is 1.91. The Morgan fingerprint density at radius 3 is 2.93 bits per heavy atom. The van der Waals surface area contributed by atoms with Gasteiger partial charge in [0.2, 0.25) is 0 Å². The molecule has 0 saturated carbocycles. The molecular weight excluding hydrogens is 200 g/mol. The number of hydrogen-bond donors (Lipinski definition) is 1. The van der Waals surface area contributed by atoms with Gasteiger partial charge < -0.3 is 10.1 Å². The Morgan fingerprint density at radius 2 is 2.36 bits per heavy atom. The van der Waals surface area contributed by atoms with Gasteiger partial charge in [-0.15, -0.1) is 0 Å². The average molecular weight is 213 g/mol. The van der Waals surface area contributed by atoms with Gasteiger partial charge in [-0.05, 0) is 12.1 Å². The molecule has 0 amide bonds. The number of rotatable bonds is 3. The van der Waals surface area contributed by atoms with E-state index in [1.165, 1.54) is 0 Å². The third kappa shape index (κ3) is 2.16. The second-order valence-electron chi connectivity index (χ2n) is 4.00. The molecule has 1 N–H and O–H groups in total. The van der Waals surface area contributed by atoms with Gasteiger partial charge >= 0.3 is 0 Å². The topological polar surface area (TPSA) is 34.2 Å². The third-order valence-electron chi connectivity index (χ3n) is 2.31. The molecule has 1 aliphatic heterocycles. The number of ether oxygens (including phenoxy) is 1. The van der Waals surface area contributed by atoms with E-state index >= 15 is 0 Å². The Kier molecular flexibility index (Phi) is 2.61. The third-order valence-corrected chi connectivity index (χ3v) is 2.52. The lowest BCUT2D eigenvalue weighted by atomic mass is 9.89. The van der Waals surface area contributed by atoms with E-state index in [4.69, 9.17) is 16.3 Å². The number of nitrogens with one attached hydrogen (secondary N) is 1. The van der Waals surface area contributed by atoms with Crippen LogP contribution in [-0.4, -0.2) is 24.7 Å². The lowest BCUT2D eigenvalue weighted by molar-refractivity contribution is -0.0924. The second kappa shape index (κ2) is 3.75. The van der Waals surface area contributed by atoms with E-state index in [9.17, 15) is 0 Å². The molecule has 3 nitrogen and oxygen atoms in total. The fraction of sp³-hybridized carbons (Fsp3) is 0.500. The summed E-state index contributed by atoms with van der Waals surface area (Å²) in [6, 6.07) is 5.56. The predicted octanol–water partition coefficient (Wildman–Crippen LogP) is 2.18. The Labute approximate surface area is 88.4 Å². The van der Waals surface area contributed by atoms with Crippen LogP contribution >= 0.6 is 11.6 Å². The number of hydrogen-bond acceptors (Lipinski definition) is 3. The van der Waals surface area contributed by atoms with Crippen molar-refractivity contribution in [3.8, 4) is 0 Å². The molecule has 0 radical (unpaired) electrons. The summed E-state index contributed by atoms with van der Waals surface area (Å²) in [6.07, 6.45) is 0. The highest BCUT2D eigenvalue weighted by Crippen LogP contribution is 2.26. The molecule has 0 bridgehead atoms. The van der Waals surface area contributed by atoms with Crippen molar-refractivity contribution in [1.29, 1.82) is 0 Å². The van der Waals surface area contributed by atoms with E-state index in [2.05, 4.69) is 17.2 Å². The molecule has 0 spiro atoms. The van der Waals surface area contributed by atoms with Crippen LogP contribution in [-0.2, 0) is 4.74 Å². The smallest absolute Gasteiger partial charge is 0.131 e. The van der Waals surface area contributed by atoms with Crippen LogP contribution in [0.4, 0.5) is 5.82 Å². The standard InChI is InChI=1S/C10H13ClN2O/c1-10(6-14-7-10)5-12-9-4-2-3-8(11)13-9/h2-4H,5-7H2,1H3,(H,12,13). The molecule has 2 heterocycles. The Morgan fingerprint density at radius 1 is 1.57 bits per heavy atom. The molecule has 0 unspecified atom stereocenters. The van der Waals surface area contributed by atoms with Gasteiger partial charge in [0.25, 0.3) is 0 Å². The molecule has 0 atom stereocenters. The van der Waals surface area contributed by atoms with E-state index in [0.29, 0.717) is 5.15 Å². The summed E-state index contributed by atoms with van der Waals surface area (Å²) in [7, 11) is 0. The average Bonchev–Trinajstić information content (AvgIpc) is 2.12. The van der Waals surface area contributed by atoms with Crippen molar-refractivity contribution in [2.75, 3.05) is 25.1 Å². The van der Waals surface area contributed by atoms with Crippen molar-refractivity contribution in [3.05, 3.63) is 23.4 Å². The molecule has 0 aliphatic carbocycles. The minimum Gasteiger partial charge on any atom is -0.380 e. The van der Waals surface area contributed by atoms with Crippen LogP contribution in [0.2, 0.25) is 5.15 Å². The molecule has 76 valence electrons. The highest BCUT2D eigenvalue weighted by atomic mass is 35.5. The van der Waals surface area contributed by atoms with E-state index < -0.39 is 0 Å². The predicted molar refractivity (Wildman–Crippen MR) is 56.7 cm³/mol. The molecular formula is C10H13ClN2O. The van der Waals surface area contributed by atoms with Crippen LogP contribution < -0.4 is 5.32 Å². The van der Waals surface area contributed by atoms with Crippen molar-refractivity contribution in [3.63, 3.8) is 0 Å². The first kappa shape index (κ1) is 9.74. The summed E-state index contributed by atoms with van der Waals surface area (Å²) < 4.78 is 5.16. The normalized spacial score (nSPS) is 18.7. The lowest BCUT2D eigenvalue weighted by Crippen LogP contribution is -2.45. The fourth-order valence-corrected chi connectivity index (χ4v) is 1.53. The molecule has 4 heteroatoms. The van der Waals surface area contributed by atoms with Gasteiger partial charge in [0.05, 0.1) is 13.2 Å².